The molecule has 82 heavy (non-hydrogen) atoms. The van der Waals surface area contributed by atoms with Gasteiger partial charge in [0.25, 0.3) is 5.91 Å². The molecule has 3 aromatic rings. The zero-order valence-electron chi connectivity index (χ0n) is 46.7. The maximum atomic E-state index is 16.4. The summed E-state index contributed by atoms with van der Waals surface area (Å²) in [5.41, 5.74) is -8.14. The zero-order chi connectivity index (χ0) is 59.6. The first-order chi connectivity index (χ1) is 39.0. The number of carbonyl (C=O) groups is 9. The van der Waals surface area contributed by atoms with Gasteiger partial charge in [-0.3, -0.25) is 24.0 Å². The molecule has 0 spiro atoms. The third-order valence-electron chi connectivity index (χ3n) is 15.9. The number of Topliss-reactive ketones (excluding diaryl/α,β-unsaturated/α-hetero) is 1. The van der Waals surface area contributed by atoms with Gasteiger partial charge in [0, 0.05) is 50.6 Å². The van der Waals surface area contributed by atoms with Crippen LogP contribution >= 0.6 is 0 Å². The molecule has 3 fully saturated rings. The fourth-order valence-electron chi connectivity index (χ4n) is 11.9. The first-order valence-electron chi connectivity index (χ1n) is 27.0. The molecule has 3 aromatic carbocycles. The molecule has 2 bridgehead atoms. The number of ketones is 1. The smallest absolute Gasteiger partial charge is 0.461 e. The molecule has 0 radical (unpaired) electrons. The summed E-state index contributed by atoms with van der Waals surface area (Å²) in [7, 11) is 0. The molecule has 3 aliphatic carbocycles. The first kappa shape index (κ1) is 61.4. The predicted octanol–water partition coefficient (Wildman–Crippen LogP) is 7.11. The van der Waals surface area contributed by atoms with Crippen molar-refractivity contribution in [2.24, 2.45) is 16.7 Å². The van der Waals surface area contributed by atoms with Crippen LogP contribution in [-0.4, -0.2) is 133 Å². The molecule has 1 aliphatic heterocycles. The average Bonchev–Trinajstić information content (AvgIpc) is 0.907. The lowest BCUT2D eigenvalue weighted by Gasteiger charge is -2.67. The van der Waals surface area contributed by atoms with Gasteiger partial charge in [-0.1, -0.05) is 112 Å². The summed E-state index contributed by atoms with van der Waals surface area (Å²) in [6.45, 7) is 14.6. The van der Waals surface area contributed by atoms with Crippen molar-refractivity contribution in [3.63, 3.8) is 0 Å². The minimum Gasteiger partial charge on any atom is -0.461 e. The highest BCUT2D eigenvalue weighted by Crippen LogP contribution is 2.65. The highest BCUT2D eigenvalue weighted by atomic mass is 16.7. The summed E-state index contributed by atoms with van der Waals surface area (Å²) >= 11 is 0. The van der Waals surface area contributed by atoms with Gasteiger partial charge in [0.15, 0.2) is 17.5 Å². The highest BCUT2D eigenvalue weighted by Gasteiger charge is 2.79. The molecule has 21 heteroatoms. The second-order valence-corrected chi connectivity index (χ2v) is 21.4. The van der Waals surface area contributed by atoms with Gasteiger partial charge in [-0.2, -0.15) is 0 Å². The number of aliphatic hydroxyl groups is 1. The third-order valence-corrected chi connectivity index (χ3v) is 15.9. The second kappa shape index (κ2) is 26.2. The van der Waals surface area contributed by atoms with E-state index < -0.39 is 137 Å². The maximum Gasteiger partial charge on any atom is 0.509 e. The Balaban J connectivity index is 1.38. The predicted molar refractivity (Wildman–Crippen MR) is 290 cm³/mol. The summed E-state index contributed by atoms with van der Waals surface area (Å²) in [6, 6.07) is 22.3. The molecule has 1 saturated heterocycles. The van der Waals surface area contributed by atoms with Crippen molar-refractivity contribution < 1.29 is 90.9 Å². The molecule has 3 N–H and O–H groups in total. The van der Waals surface area contributed by atoms with Crippen molar-refractivity contribution in [3.05, 3.63) is 144 Å². The van der Waals surface area contributed by atoms with Crippen LogP contribution in [0.5, 0.6) is 0 Å². The minimum absolute atomic E-state index is 0.00468. The summed E-state index contributed by atoms with van der Waals surface area (Å²) < 4.78 is 53.6. The monoisotopic (exact) mass is 1130 g/mol. The number of rotatable bonds is 22. The average molecular weight is 1140 g/mol. The highest BCUT2D eigenvalue weighted by molar-refractivity contribution is 5.97. The molecule has 438 valence electrons. The quantitative estimate of drug-likeness (QED) is 0.0391. The van der Waals surface area contributed by atoms with E-state index in [4.69, 9.17) is 42.6 Å². The van der Waals surface area contributed by atoms with Crippen molar-refractivity contribution in [2.45, 2.75) is 134 Å². The van der Waals surface area contributed by atoms with Gasteiger partial charge in [-0.15, -0.1) is 0 Å². The Hall–Kier alpha value is -8.17. The number of ether oxygens (including phenoxy) is 9. The number of hydrogen-bond acceptors (Lipinski definition) is 19. The van der Waals surface area contributed by atoms with E-state index in [9.17, 15) is 38.7 Å². The van der Waals surface area contributed by atoms with E-state index in [1.807, 2.05) is 0 Å². The molecule has 1 heterocycles. The van der Waals surface area contributed by atoms with E-state index >= 15 is 9.59 Å². The van der Waals surface area contributed by atoms with E-state index in [1.54, 1.807) is 66.7 Å². The number of nitrogens with one attached hydrogen (secondary N) is 2. The van der Waals surface area contributed by atoms with Gasteiger partial charge >= 0.3 is 42.1 Å². The number of esters is 5. The van der Waals surface area contributed by atoms with E-state index in [0.717, 1.165) is 13.8 Å². The lowest BCUT2D eigenvalue weighted by Crippen LogP contribution is -2.82. The number of benzene rings is 3. The molecule has 7 rings (SSSR count). The fourth-order valence-corrected chi connectivity index (χ4v) is 11.9. The third kappa shape index (κ3) is 12.8. The van der Waals surface area contributed by atoms with Crippen LogP contribution in [0.4, 0.5) is 9.59 Å². The van der Waals surface area contributed by atoms with Crippen LogP contribution in [0, 0.1) is 16.7 Å². The summed E-state index contributed by atoms with van der Waals surface area (Å²) in [5.74, 6) is -7.90. The molecule has 21 nitrogen and oxygen atoms in total. The molecule has 11 atom stereocenters. The molecular weight excluding hydrogens is 1060 g/mol. The standard InChI is InChI=1S/C61H70N2O19/c1-9-31-74-45(66)29-21-14-22-30-62-56(71)79-43-33-44-60(35-76-44,82-38(5)65)50-52(81-54(69)41-27-19-13-20-28-41)61(73)34-42(36(3)46(58(61,6)7)48(77-37(4)64)51(67)59(43,50)8)78-55(70)49(80-57(72)75-32-10-2)47(39-23-15-11-16-24-39)63-53(68)40-25-17-12-18-26-40/h9-13,15-20,23-28,42-44,47-50,52,73H,1-2,14,21-22,29-35H2,3-8H3,(H,62,71)(H,63,68)/t42-,43-,44?,47+,48?,49+,50?,52-,59+,60-,61+/m0/s1. The fraction of sp³-hybridized carbons (Fsp3) is 0.459. The normalized spacial score (nSPS) is 26.5. The van der Waals surface area contributed by atoms with Crippen LogP contribution in [0.1, 0.15) is 112 Å². The number of carbonyl (C=O) groups excluding carboxylic acids is 9. The topological polar surface area (TPSA) is 281 Å². The molecule has 2 amide bonds. The molecule has 2 saturated carbocycles. The van der Waals surface area contributed by atoms with E-state index in [0.29, 0.717) is 19.3 Å². The van der Waals surface area contributed by atoms with Crippen molar-refractivity contribution >= 4 is 53.8 Å². The van der Waals surface area contributed by atoms with Gasteiger partial charge in [0.1, 0.15) is 49.3 Å². The van der Waals surface area contributed by atoms with Crippen LogP contribution in [0.25, 0.3) is 0 Å². The summed E-state index contributed by atoms with van der Waals surface area (Å²) in [5, 5.41) is 19.7. The number of alkyl carbamates (subject to hydrolysis) is 1. The van der Waals surface area contributed by atoms with Crippen molar-refractivity contribution in [3.8, 4) is 0 Å². The zero-order valence-corrected chi connectivity index (χ0v) is 46.7. The molecule has 4 aliphatic rings. The molecular formula is C61H70N2O19. The first-order valence-corrected chi connectivity index (χ1v) is 27.0. The van der Waals surface area contributed by atoms with E-state index in [2.05, 4.69) is 23.8 Å². The van der Waals surface area contributed by atoms with Crippen LogP contribution < -0.4 is 10.6 Å². The maximum absolute atomic E-state index is 16.4. The van der Waals surface area contributed by atoms with Gasteiger partial charge in [-0.25, -0.2) is 19.2 Å². The summed E-state index contributed by atoms with van der Waals surface area (Å²) in [4.78, 5) is 127. The minimum atomic E-state index is -2.57. The Morgan fingerprint density at radius 2 is 1.40 bits per heavy atom. The largest absolute Gasteiger partial charge is 0.509 e. The van der Waals surface area contributed by atoms with Crippen molar-refractivity contribution in [2.75, 3.05) is 26.4 Å². The van der Waals surface area contributed by atoms with Crippen molar-refractivity contribution in [1.29, 1.82) is 0 Å². The lowest BCUT2D eigenvalue weighted by molar-refractivity contribution is -0.345. The SMILES string of the molecule is C=CCOC(=O)CCCCCNC(=O)O[C@H]1CC2OC[C@@]2(OC(C)=O)C2[C@H](OC(=O)c3ccccc3)[C@]3(O)C[C@H](OC(=O)[C@H](OC(=O)OCC=C)[C@H](NC(=O)c4ccccc4)c4ccccc4)C(C)=C(C(OC(C)=O)C(=O)[C@@]21C)C3(C)C. The van der Waals surface area contributed by atoms with Gasteiger partial charge in [0.05, 0.1) is 23.5 Å². The van der Waals surface area contributed by atoms with Gasteiger partial charge in [0.2, 0.25) is 6.10 Å². The molecule has 3 unspecified atom stereocenters. The Bertz CT molecular complexity index is 2930. The summed E-state index contributed by atoms with van der Waals surface area (Å²) in [6.07, 6.45) is -9.51. The number of unbranched alkanes of at least 4 members (excludes halogenated alkanes) is 2. The van der Waals surface area contributed by atoms with E-state index in [1.165, 1.54) is 64.1 Å². The van der Waals surface area contributed by atoms with Crippen molar-refractivity contribution in [1.82, 2.24) is 10.6 Å². The Morgan fingerprint density at radius 1 is 0.780 bits per heavy atom. The van der Waals surface area contributed by atoms with Crippen LogP contribution in [-0.2, 0) is 66.6 Å². The number of fused-ring (bicyclic) bond motifs is 5. The number of amides is 2. The molecule has 0 aromatic heterocycles. The van der Waals surface area contributed by atoms with Crippen LogP contribution in [0.15, 0.2) is 127 Å². The van der Waals surface area contributed by atoms with Crippen LogP contribution in [0.2, 0.25) is 0 Å². The van der Waals surface area contributed by atoms with Gasteiger partial charge < -0.3 is 58.4 Å². The van der Waals surface area contributed by atoms with E-state index in [-0.39, 0.29) is 60.4 Å². The van der Waals surface area contributed by atoms with Crippen LogP contribution in [0.3, 0.4) is 0 Å². The Kier molecular flexibility index (Phi) is 19.6. The Labute approximate surface area is 475 Å². The number of hydrogen-bond donors (Lipinski definition) is 3. The van der Waals surface area contributed by atoms with Gasteiger partial charge in [-0.05, 0) is 67.7 Å². The Morgan fingerprint density at radius 3 is 2.00 bits per heavy atom. The second-order valence-electron chi connectivity index (χ2n) is 21.4. The lowest BCUT2D eigenvalue weighted by atomic mass is 9.44.